The second-order valence-corrected chi connectivity index (χ2v) is 7.26. The minimum absolute atomic E-state index is 0.484. The first kappa shape index (κ1) is 17.6. The van der Waals surface area contributed by atoms with Gasteiger partial charge < -0.3 is 0 Å². The SMILES string of the molecule is Clc1cc(-c2cc(-c3ccccc3)nc(-c3ccccc3)c2)c2ccccc2n1. The van der Waals surface area contributed by atoms with Crippen LogP contribution < -0.4 is 0 Å². The van der Waals surface area contributed by atoms with Crippen LogP contribution >= 0.6 is 11.6 Å². The Morgan fingerprint density at radius 3 is 1.69 bits per heavy atom. The van der Waals surface area contributed by atoms with Gasteiger partial charge in [-0.1, -0.05) is 90.5 Å². The highest BCUT2D eigenvalue weighted by molar-refractivity contribution is 6.30. The van der Waals surface area contributed by atoms with E-state index in [1.807, 2.05) is 60.7 Å². The lowest BCUT2D eigenvalue weighted by molar-refractivity contribution is 1.32. The number of hydrogen-bond donors (Lipinski definition) is 0. The molecule has 0 atom stereocenters. The molecule has 0 aliphatic rings. The van der Waals surface area contributed by atoms with Crippen LogP contribution in [0.5, 0.6) is 0 Å². The quantitative estimate of drug-likeness (QED) is 0.301. The fourth-order valence-electron chi connectivity index (χ4n) is 3.58. The fraction of sp³-hybridized carbons (Fsp3) is 0. The molecule has 0 bridgehead atoms. The first-order valence-electron chi connectivity index (χ1n) is 9.46. The molecule has 5 aromatic rings. The Bertz CT molecular complexity index is 1240. The van der Waals surface area contributed by atoms with Crippen LogP contribution in [0.1, 0.15) is 0 Å². The van der Waals surface area contributed by atoms with E-state index in [1.165, 1.54) is 0 Å². The highest BCUT2D eigenvalue weighted by Crippen LogP contribution is 2.34. The summed E-state index contributed by atoms with van der Waals surface area (Å²) in [6, 6.07) is 34.7. The summed E-state index contributed by atoms with van der Waals surface area (Å²) in [4.78, 5) is 9.43. The minimum atomic E-state index is 0.484. The Balaban J connectivity index is 1.80. The van der Waals surface area contributed by atoms with Gasteiger partial charge in [-0.05, 0) is 35.4 Å². The van der Waals surface area contributed by atoms with Crippen LogP contribution in [-0.2, 0) is 0 Å². The number of pyridine rings is 2. The lowest BCUT2D eigenvalue weighted by Crippen LogP contribution is -1.92. The third kappa shape index (κ3) is 3.51. The van der Waals surface area contributed by atoms with E-state index in [0.29, 0.717) is 5.15 Å². The summed E-state index contributed by atoms with van der Waals surface area (Å²) >= 11 is 6.36. The molecule has 0 fully saturated rings. The van der Waals surface area contributed by atoms with Crippen molar-refractivity contribution in [3.05, 3.63) is 108 Å². The van der Waals surface area contributed by atoms with Gasteiger partial charge in [0.25, 0.3) is 0 Å². The van der Waals surface area contributed by atoms with Crippen molar-refractivity contribution in [1.82, 2.24) is 9.97 Å². The third-order valence-electron chi connectivity index (χ3n) is 4.96. The number of rotatable bonds is 3. The molecule has 0 spiro atoms. The first-order chi connectivity index (χ1) is 14.3. The maximum absolute atomic E-state index is 6.36. The first-order valence-corrected chi connectivity index (χ1v) is 9.84. The van der Waals surface area contributed by atoms with Crippen molar-refractivity contribution in [2.75, 3.05) is 0 Å². The smallest absolute Gasteiger partial charge is 0.130 e. The van der Waals surface area contributed by atoms with E-state index in [1.54, 1.807) is 0 Å². The molecule has 0 unspecified atom stereocenters. The van der Waals surface area contributed by atoms with Crippen LogP contribution in [0.3, 0.4) is 0 Å². The van der Waals surface area contributed by atoms with E-state index in [2.05, 4.69) is 47.4 Å². The van der Waals surface area contributed by atoms with Crippen LogP contribution in [-0.4, -0.2) is 9.97 Å². The van der Waals surface area contributed by atoms with Crippen molar-refractivity contribution in [1.29, 1.82) is 0 Å². The normalized spacial score (nSPS) is 10.9. The van der Waals surface area contributed by atoms with Gasteiger partial charge in [0.2, 0.25) is 0 Å². The standard InChI is InChI=1S/C26H17ClN2/c27-26-17-22(21-13-7-8-14-23(21)29-26)20-15-24(18-9-3-1-4-10-18)28-25(16-20)19-11-5-2-6-12-19/h1-17H. The maximum atomic E-state index is 6.36. The molecule has 29 heavy (non-hydrogen) atoms. The average molecular weight is 393 g/mol. The van der Waals surface area contributed by atoms with Crippen LogP contribution in [0.2, 0.25) is 5.15 Å². The van der Waals surface area contributed by atoms with Crippen LogP contribution in [0.25, 0.3) is 44.5 Å². The molecule has 0 saturated carbocycles. The number of para-hydroxylation sites is 1. The lowest BCUT2D eigenvalue weighted by Gasteiger charge is -2.12. The summed E-state index contributed by atoms with van der Waals surface area (Å²) in [5.41, 5.74) is 7.02. The monoisotopic (exact) mass is 392 g/mol. The third-order valence-corrected chi connectivity index (χ3v) is 5.15. The van der Waals surface area contributed by atoms with Crippen molar-refractivity contribution in [3.8, 4) is 33.6 Å². The van der Waals surface area contributed by atoms with Gasteiger partial charge in [0, 0.05) is 16.5 Å². The van der Waals surface area contributed by atoms with Gasteiger partial charge in [-0.15, -0.1) is 0 Å². The number of fused-ring (bicyclic) bond motifs is 1. The highest BCUT2D eigenvalue weighted by Gasteiger charge is 2.12. The van der Waals surface area contributed by atoms with Crippen LogP contribution in [0.15, 0.2) is 103 Å². The van der Waals surface area contributed by atoms with Gasteiger partial charge in [0.1, 0.15) is 5.15 Å². The molecule has 0 aliphatic carbocycles. The molecule has 0 aliphatic heterocycles. The van der Waals surface area contributed by atoms with Gasteiger partial charge in [0.15, 0.2) is 0 Å². The van der Waals surface area contributed by atoms with E-state index in [0.717, 1.165) is 44.5 Å². The van der Waals surface area contributed by atoms with Gasteiger partial charge in [-0.2, -0.15) is 0 Å². The molecule has 0 N–H and O–H groups in total. The molecule has 0 radical (unpaired) electrons. The molecule has 3 heteroatoms. The molecular weight excluding hydrogens is 376 g/mol. The van der Waals surface area contributed by atoms with E-state index < -0.39 is 0 Å². The Morgan fingerprint density at radius 1 is 0.517 bits per heavy atom. The van der Waals surface area contributed by atoms with Gasteiger partial charge in [0.05, 0.1) is 16.9 Å². The summed E-state index contributed by atoms with van der Waals surface area (Å²) in [5.74, 6) is 0. The van der Waals surface area contributed by atoms with E-state index in [4.69, 9.17) is 16.6 Å². The topological polar surface area (TPSA) is 25.8 Å². The summed E-state index contributed by atoms with van der Waals surface area (Å²) in [6.45, 7) is 0. The molecule has 5 rings (SSSR count). The van der Waals surface area contributed by atoms with Crippen molar-refractivity contribution >= 4 is 22.5 Å². The van der Waals surface area contributed by atoms with Crippen LogP contribution in [0, 0.1) is 0 Å². The van der Waals surface area contributed by atoms with Crippen molar-refractivity contribution in [3.63, 3.8) is 0 Å². The number of nitrogens with zero attached hydrogens (tertiary/aromatic N) is 2. The zero-order valence-electron chi connectivity index (χ0n) is 15.6. The predicted octanol–water partition coefficient (Wildman–Crippen LogP) is 7.28. The Morgan fingerprint density at radius 2 is 1.07 bits per heavy atom. The molecule has 3 aromatic carbocycles. The molecule has 2 aromatic heterocycles. The van der Waals surface area contributed by atoms with Crippen LogP contribution in [0.4, 0.5) is 0 Å². The van der Waals surface area contributed by atoms with E-state index >= 15 is 0 Å². The molecule has 138 valence electrons. The van der Waals surface area contributed by atoms with Gasteiger partial charge >= 0.3 is 0 Å². The highest BCUT2D eigenvalue weighted by atomic mass is 35.5. The van der Waals surface area contributed by atoms with E-state index in [-0.39, 0.29) is 0 Å². The van der Waals surface area contributed by atoms with Gasteiger partial charge in [-0.25, -0.2) is 9.97 Å². The summed E-state index contributed by atoms with van der Waals surface area (Å²) in [5, 5.41) is 1.55. The van der Waals surface area contributed by atoms with Crippen molar-refractivity contribution < 1.29 is 0 Å². The Hall–Kier alpha value is -3.49. The lowest BCUT2D eigenvalue weighted by atomic mass is 9.97. The Labute approximate surface area is 174 Å². The average Bonchev–Trinajstić information content (AvgIpc) is 2.79. The molecular formula is C26H17ClN2. The molecule has 0 saturated heterocycles. The summed E-state index contributed by atoms with van der Waals surface area (Å²) in [6.07, 6.45) is 0. The zero-order valence-corrected chi connectivity index (χ0v) is 16.3. The minimum Gasteiger partial charge on any atom is -0.248 e. The Kier molecular flexibility index (Phi) is 4.55. The fourth-order valence-corrected chi connectivity index (χ4v) is 3.78. The number of hydrogen-bond acceptors (Lipinski definition) is 2. The maximum Gasteiger partial charge on any atom is 0.130 e. The summed E-state index contributed by atoms with van der Waals surface area (Å²) < 4.78 is 0. The number of benzene rings is 3. The predicted molar refractivity (Wildman–Crippen MR) is 121 cm³/mol. The molecule has 2 heterocycles. The number of halogens is 1. The molecule has 2 nitrogen and oxygen atoms in total. The molecule has 0 amide bonds. The van der Waals surface area contributed by atoms with E-state index in [9.17, 15) is 0 Å². The second kappa shape index (κ2) is 7.50. The van der Waals surface area contributed by atoms with Crippen molar-refractivity contribution in [2.24, 2.45) is 0 Å². The number of aromatic nitrogens is 2. The second-order valence-electron chi connectivity index (χ2n) is 6.87. The zero-order chi connectivity index (χ0) is 19.6. The largest absolute Gasteiger partial charge is 0.248 e. The van der Waals surface area contributed by atoms with Crippen molar-refractivity contribution in [2.45, 2.75) is 0 Å². The summed E-state index contributed by atoms with van der Waals surface area (Å²) in [7, 11) is 0. The van der Waals surface area contributed by atoms with Gasteiger partial charge in [-0.3, -0.25) is 0 Å².